The molecule has 3 N–H and O–H groups in total. The van der Waals surface area contributed by atoms with Gasteiger partial charge in [0.1, 0.15) is 4.75 Å². The Morgan fingerprint density at radius 2 is 1.85 bits per heavy atom. The molecule has 0 radical (unpaired) electrons. The first-order valence-electron chi connectivity index (χ1n) is 6.44. The normalized spacial score (nSPS) is 13.8. The molecule has 0 aliphatic heterocycles. The number of rotatable bonds is 6. The molecule has 5 nitrogen and oxygen atoms in total. The van der Waals surface area contributed by atoms with Crippen molar-refractivity contribution in [2.75, 3.05) is 12.8 Å². The van der Waals surface area contributed by atoms with Crippen LogP contribution in [0.1, 0.15) is 31.9 Å². The van der Waals surface area contributed by atoms with E-state index in [9.17, 15) is 13.2 Å². The Hall–Kier alpha value is -1.40. The molecule has 0 saturated carbocycles. The average molecular weight is 298 g/mol. The van der Waals surface area contributed by atoms with E-state index < -0.39 is 20.5 Å². The Kier molecular flexibility index (Phi) is 5.30. The van der Waals surface area contributed by atoms with E-state index >= 15 is 0 Å². The number of carbonyl (C=O) groups excluding carboxylic acids is 1. The fourth-order valence-corrected chi connectivity index (χ4v) is 2.00. The number of amides is 1. The molecule has 0 fully saturated rings. The quantitative estimate of drug-likeness (QED) is 0.820. The maximum atomic E-state index is 11.9. The van der Waals surface area contributed by atoms with E-state index in [4.69, 9.17) is 5.73 Å². The first-order valence-corrected chi connectivity index (χ1v) is 8.34. The van der Waals surface area contributed by atoms with Gasteiger partial charge in [-0.15, -0.1) is 0 Å². The van der Waals surface area contributed by atoms with Crippen LogP contribution >= 0.6 is 0 Å². The van der Waals surface area contributed by atoms with Gasteiger partial charge in [-0.1, -0.05) is 30.3 Å². The van der Waals surface area contributed by atoms with E-state index in [1.165, 1.54) is 13.8 Å². The van der Waals surface area contributed by atoms with Crippen molar-refractivity contribution < 1.29 is 13.2 Å². The van der Waals surface area contributed by atoms with Crippen molar-refractivity contribution in [3.63, 3.8) is 0 Å². The number of carbonyl (C=O) groups is 1. The summed E-state index contributed by atoms with van der Waals surface area (Å²) in [6, 6.07) is 9.38. The molecule has 1 aromatic rings. The summed E-state index contributed by atoms with van der Waals surface area (Å²) in [5.41, 5.74) is 7.00. The Bertz CT molecular complexity index is 553. The Balaban J connectivity index is 2.51. The van der Waals surface area contributed by atoms with Gasteiger partial charge >= 0.3 is 0 Å². The van der Waals surface area contributed by atoms with Crippen LogP contribution in [0.2, 0.25) is 0 Å². The zero-order valence-electron chi connectivity index (χ0n) is 12.1. The van der Waals surface area contributed by atoms with Gasteiger partial charge in [0.25, 0.3) is 0 Å². The summed E-state index contributed by atoms with van der Waals surface area (Å²) in [5.74, 6) is -0.500. The molecular weight excluding hydrogens is 276 g/mol. The van der Waals surface area contributed by atoms with Gasteiger partial charge in [0, 0.05) is 18.8 Å². The molecular formula is C14H22N2O3S. The molecule has 0 bridgehead atoms. The van der Waals surface area contributed by atoms with Crippen LogP contribution < -0.4 is 11.1 Å². The Morgan fingerprint density at radius 1 is 1.30 bits per heavy atom. The molecule has 6 heteroatoms. The minimum Gasteiger partial charge on any atom is -0.355 e. The van der Waals surface area contributed by atoms with Gasteiger partial charge in [-0.05, 0) is 25.8 Å². The number of benzene rings is 1. The summed E-state index contributed by atoms with van der Waals surface area (Å²) in [4.78, 5) is 11.9. The van der Waals surface area contributed by atoms with Crippen molar-refractivity contribution in [1.82, 2.24) is 5.32 Å². The molecule has 1 amide bonds. The second kappa shape index (κ2) is 6.37. The van der Waals surface area contributed by atoms with E-state index in [1.807, 2.05) is 30.3 Å². The summed E-state index contributed by atoms with van der Waals surface area (Å²) in [6.45, 7) is 3.14. The fourth-order valence-electron chi connectivity index (χ4n) is 1.59. The summed E-state index contributed by atoms with van der Waals surface area (Å²) in [7, 11) is -3.45. The zero-order valence-corrected chi connectivity index (χ0v) is 12.9. The molecule has 0 heterocycles. The van der Waals surface area contributed by atoms with Crippen LogP contribution in [0.3, 0.4) is 0 Å². The molecule has 0 spiro atoms. The van der Waals surface area contributed by atoms with Crippen molar-refractivity contribution in [1.29, 1.82) is 0 Å². The minimum atomic E-state index is -3.45. The third kappa shape index (κ3) is 4.05. The molecule has 0 saturated heterocycles. The number of nitrogens with one attached hydrogen (secondary N) is 1. The van der Waals surface area contributed by atoms with Crippen molar-refractivity contribution in [2.24, 2.45) is 5.73 Å². The Labute approximate surface area is 120 Å². The molecule has 1 rings (SSSR count). The Morgan fingerprint density at radius 3 is 2.35 bits per heavy atom. The molecule has 1 atom stereocenters. The van der Waals surface area contributed by atoms with Crippen molar-refractivity contribution >= 4 is 15.7 Å². The highest BCUT2D eigenvalue weighted by atomic mass is 32.2. The molecule has 0 aliphatic rings. The fraction of sp³-hybridized carbons (Fsp3) is 0.500. The summed E-state index contributed by atoms with van der Waals surface area (Å²) >= 11 is 0. The standard InChI is InChI=1S/C14H22N2O3S/c1-14(2,20(3,18)19)13(17)16-10-9-12(15)11-7-5-4-6-8-11/h4-8,12H,9-10,15H2,1-3H3,(H,16,17). The second-order valence-electron chi connectivity index (χ2n) is 5.34. The van der Waals surface area contributed by atoms with Crippen LogP contribution in [0.15, 0.2) is 30.3 Å². The minimum absolute atomic E-state index is 0.183. The SMILES string of the molecule is CC(C)(C(=O)NCCC(N)c1ccccc1)S(C)(=O)=O. The summed E-state index contributed by atoms with van der Waals surface area (Å²) in [5, 5.41) is 2.63. The number of hydrogen-bond acceptors (Lipinski definition) is 4. The van der Waals surface area contributed by atoms with E-state index in [2.05, 4.69) is 5.32 Å². The first kappa shape index (κ1) is 16.7. The highest BCUT2D eigenvalue weighted by Crippen LogP contribution is 2.16. The third-order valence-electron chi connectivity index (χ3n) is 3.44. The summed E-state index contributed by atoms with van der Waals surface area (Å²) in [6.07, 6.45) is 1.61. The topological polar surface area (TPSA) is 89.3 Å². The molecule has 112 valence electrons. The number of sulfone groups is 1. The highest BCUT2D eigenvalue weighted by Gasteiger charge is 2.38. The van der Waals surface area contributed by atoms with Gasteiger partial charge < -0.3 is 11.1 Å². The molecule has 0 aromatic heterocycles. The number of nitrogens with two attached hydrogens (primary N) is 1. The van der Waals surface area contributed by atoms with Gasteiger partial charge in [0.05, 0.1) is 0 Å². The largest absolute Gasteiger partial charge is 0.355 e. The second-order valence-corrected chi connectivity index (χ2v) is 7.91. The van der Waals surface area contributed by atoms with E-state index in [-0.39, 0.29) is 6.04 Å². The van der Waals surface area contributed by atoms with E-state index in [0.29, 0.717) is 13.0 Å². The van der Waals surface area contributed by atoms with Crippen LogP contribution in [-0.4, -0.2) is 31.9 Å². The lowest BCUT2D eigenvalue weighted by molar-refractivity contribution is -0.122. The van der Waals surface area contributed by atoms with Crippen LogP contribution in [0, 0.1) is 0 Å². The molecule has 20 heavy (non-hydrogen) atoms. The monoisotopic (exact) mass is 298 g/mol. The van der Waals surface area contributed by atoms with Gasteiger partial charge in [0.15, 0.2) is 9.84 Å². The van der Waals surface area contributed by atoms with Gasteiger partial charge in [-0.3, -0.25) is 4.79 Å². The van der Waals surface area contributed by atoms with E-state index in [0.717, 1.165) is 11.8 Å². The summed E-state index contributed by atoms with van der Waals surface area (Å²) < 4.78 is 21.6. The predicted octanol–water partition coefficient (Wildman–Crippen LogP) is 1.02. The first-order chi connectivity index (χ1) is 9.16. The number of hydrogen-bond donors (Lipinski definition) is 2. The third-order valence-corrected chi connectivity index (χ3v) is 5.48. The van der Waals surface area contributed by atoms with Gasteiger partial charge in [0.2, 0.25) is 5.91 Å². The smallest absolute Gasteiger partial charge is 0.240 e. The molecule has 1 unspecified atom stereocenters. The zero-order chi connectivity index (χ0) is 15.4. The maximum absolute atomic E-state index is 11.9. The van der Waals surface area contributed by atoms with Crippen molar-refractivity contribution in [3.8, 4) is 0 Å². The lowest BCUT2D eigenvalue weighted by Gasteiger charge is -2.22. The molecule has 1 aromatic carbocycles. The molecule has 0 aliphatic carbocycles. The van der Waals surface area contributed by atoms with Crippen molar-refractivity contribution in [2.45, 2.75) is 31.1 Å². The van der Waals surface area contributed by atoms with Gasteiger partial charge in [-0.25, -0.2) is 8.42 Å². The lowest BCUT2D eigenvalue weighted by Crippen LogP contribution is -2.48. The van der Waals surface area contributed by atoms with E-state index in [1.54, 1.807) is 0 Å². The average Bonchev–Trinajstić information content (AvgIpc) is 2.38. The van der Waals surface area contributed by atoms with Gasteiger partial charge in [-0.2, -0.15) is 0 Å². The lowest BCUT2D eigenvalue weighted by atomic mass is 10.0. The van der Waals surface area contributed by atoms with Crippen LogP contribution in [-0.2, 0) is 14.6 Å². The van der Waals surface area contributed by atoms with Crippen LogP contribution in [0.4, 0.5) is 0 Å². The van der Waals surface area contributed by atoms with Crippen molar-refractivity contribution in [3.05, 3.63) is 35.9 Å². The predicted molar refractivity (Wildman–Crippen MR) is 79.9 cm³/mol. The maximum Gasteiger partial charge on any atom is 0.240 e. The van der Waals surface area contributed by atoms with Crippen LogP contribution in [0.5, 0.6) is 0 Å². The highest BCUT2D eigenvalue weighted by molar-refractivity contribution is 7.92. The van der Waals surface area contributed by atoms with Crippen LogP contribution in [0.25, 0.3) is 0 Å².